The summed E-state index contributed by atoms with van der Waals surface area (Å²) in [5, 5.41) is 0. The number of rotatable bonds is 4. The molecule has 110 valence electrons. The molecule has 0 aliphatic rings. The minimum absolute atomic E-state index is 0.0340. The molecule has 0 saturated carbocycles. The van der Waals surface area contributed by atoms with Gasteiger partial charge in [-0.25, -0.2) is 0 Å². The van der Waals surface area contributed by atoms with Crippen LogP contribution in [0.4, 0.5) is 0 Å². The van der Waals surface area contributed by atoms with E-state index >= 15 is 0 Å². The van der Waals surface area contributed by atoms with E-state index < -0.39 is 5.97 Å². The lowest BCUT2D eigenvalue weighted by Gasteiger charge is -2.20. The van der Waals surface area contributed by atoms with Crippen LogP contribution < -0.4 is 0 Å². The molecule has 0 aromatic heterocycles. The third kappa shape index (κ3) is 4.37. The van der Waals surface area contributed by atoms with E-state index in [1.54, 1.807) is 26.1 Å². The molecule has 20 heavy (non-hydrogen) atoms. The van der Waals surface area contributed by atoms with Gasteiger partial charge >= 0.3 is 5.97 Å². The van der Waals surface area contributed by atoms with E-state index in [2.05, 4.69) is 20.8 Å². The standard InChI is InChI=1S/C16H23NO3/c1-6-20-14(18)11-17(5)15(19)12-7-9-13(10-8-12)16(2,3)4/h7-10H,6,11H2,1-5H3. The predicted octanol–water partition coefficient (Wildman–Crippen LogP) is 2.62. The quantitative estimate of drug-likeness (QED) is 0.795. The van der Waals surface area contributed by atoms with E-state index in [9.17, 15) is 9.59 Å². The van der Waals surface area contributed by atoms with Crippen LogP contribution in [0.15, 0.2) is 24.3 Å². The van der Waals surface area contributed by atoms with Crippen molar-refractivity contribution in [1.29, 1.82) is 0 Å². The van der Waals surface area contributed by atoms with Gasteiger partial charge in [0.2, 0.25) is 0 Å². The molecule has 0 fully saturated rings. The first-order valence-electron chi connectivity index (χ1n) is 6.77. The Labute approximate surface area is 120 Å². The molecule has 1 rings (SSSR count). The molecule has 0 unspecified atom stereocenters. The third-order valence-electron chi connectivity index (χ3n) is 3.02. The number of ether oxygens (including phenoxy) is 1. The number of nitrogens with zero attached hydrogens (tertiary/aromatic N) is 1. The van der Waals surface area contributed by atoms with Crippen LogP contribution in [0.25, 0.3) is 0 Å². The van der Waals surface area contributed by atoms with E-state index in [1.807, 2.05) is 12.1 Å². The Morgan fingerprint density at radius 3 is 2.15 bits per heavy atom. The highest BCUT2D eigenvalue weighted by Crippen LogP contribution is 2.22. The minimum atomic E-state index is -0.394. The lowest BCUT2D eigenvalue weighted by atomic mass is 9.86. The minimum Gasteiger partial charge on any atom is -0.465 e. The lowest BCUT2D eigenvalue weighted by molar-refractivity contribution is -0.143. The number of hydrogen-bond acceptors (Lipinski definition) is 3. The molecular weight excluding hydrogens is 254 g/mol. The van der Waals surface area contributed by atoms with Crippen molar-refractivity contribution in [3.63, 3.8) is 0 Å². The van der Waals surface area contributed by atoms with E-state index in [0.717, 1.165) is 0 Å². The number of carbonyl (C=O) groups excluding carboxylic acids is 2. The first-order chi connectivity index (χ1) is 9.25. The number of amides is 1. The van der Waals surface area contributed by atoms with Crippen molar-refractivity contribution in [2.24, 2.45) is 0 Å². The van der Waals surface area contributed by atoms with E-state index in [0.29, 0.717) is 12.2 Å². The molecule has 0 aliphatic carbocycles. The van der Waals surface area contributed by atoms with Gasteiger partial charge in [-0.3, -0.25) is 9.59 Å². The molecule has 1 aromatic rings. The van der Waals surface area contributed by atoms with Gasteiger partial charge in [0, 0.05) is 12.6 Å². The smallest absolute Gasteiger partial charge is 0.325 e. The van der Waals surface area contributed by atoms with Gasteiger partial charge in [0.25, 0.3) is 5.91 Å². The fourth-order valence-corrected chi connectivity index (χ4v) is 1.81. The molecule has 0 bridgehead atoms. The highest BCUT2D eigenvalue weighted by molar-refractivity contribution is 5.95. The summed E-state index contributed by atoms with van der Waals surface area (Å²) < 4.78 is 4.83. The van der Waals surface area contributed by atoms with Crippen molar-refractivity contribution in [2.75, 3.05) is 20.2 Å². The molecule has 0 spiro atoms. The van der Waals surface area contributed by atoms with Crippen molar-refractivity contribution in [1.82, 2.24) is 4.90 Å². The Morgan fingerprint density at radius 1 is 1.15 bits per heavy atom. The first kappa shape index (κ1) is 16.2. The number of carbonyl (C=O) groups is 2. The molecule has 0 heterocycles. The lowest BCUT2D eigenvalue weighted by Crippen LogP contribution is -2.33. The highest BCUT2D eigenvalue weighted by Gasteiger charge is 2.17. The average molecular weight is 277 g/mol. The third-order valence-corrected chi connectivity index (χ3v) is 3.02. The zero-order valence-corrected chi connectivity index (χ0v) is 12.9. The predicted molar refractivity (Wildman–Crippen MR) is 78.7 cm³/mol. The fourth-order valence-electron chi connectivity index (χ4n) is 1.81. The molecule has 1 aromatic carbocycles. The Bertz CT molecular complexity index is 471. The molecule has 4 heteroatoms. The van der Waals surface area contributed by atoms with Gasteiger partial charge in [-0.15, -0.1) is 0 Å². The number of benzene rings is 1. The number of likely N-dealkylation sites (N-methyl/N-ethyl adjacent to an activating group) is 1. The van der Waals surface area contributed by atoms with Gasteiger partial charge in [0.1, 0.15) is 6.54 Å². The van der Waals surface area contributed by atoms with Crippen LogP contribution in [0.3, 0.4) is 0 Å². The van der Waals surface area contributed by atoms with Crippen molar-refractivity contribution in [3.8, 4) is 0 Å². The van der Waals surface area contributed by atoms with Gasteiger partial charge in [0.05, 0.1) is 6.61 Å². The van der Waals surface area contributed by atoms with E-state index in [1.165, 1.54) is 10.5 Å². The van der Waals surface area contributed by atoms with Gasteiger partial charge in [-0.1, -0.05) is 32.9 Å². The summed E-state index contributed by atoms with van der Waals surface area (Å²) in [6.07, 6.45) is 0. The summed E-state index contributed by atoms with van der Waals surface area (Å²) in [5.41, 5.74) is 1.80. The van der Waals surface area contributed by atoms with Crippen LogP contribution in [0.2, 0.25) is 0 Å². The largest absolute Gasteiger partial charge is 0.465 e. The fraction of sp³-hybridized carbons (Fsp3) is 0.500. The summed E-state index contributed by atoms with van der Waals surface area (Å²) in [6, 6.07) is 7.49. The van der Waals surface area contributed by atoms with Gasteiger partial charge in [-0.2, -0.15) is 0 Å². The molecule has 0 atom stereocenters. The van der Waals surface area contributed by atoms with Gasteiger partial charge in [-0.05, 0) is 30.0 Å². The van der Waals surface area contributed by atoms with Crippen molar-refractivity contribution in [2.45, 2.75) is 33.1 Å². The second-order valence-electron chi connectivity index (χ2n) is 5.79. The van der Waals surface area contributed by atoms with Crippen molar-refractivity contribution >= 4 is 11.9 Å². The SMILES string of the molecule is CCOC(=O)CN(C)C(=O)c1ccc(C(C)(C)C)cc1. The van der Waals surface area contributed by atoms with Gasteiger partial charge in [0.15, 0.2) is 0 Å². The normalized spacial score (nSPS) is 11.1. The van der Waals surface area contributed by atoms with Crippen molar-refractivity contribution in [3.05, 3.63) is 35.4 Å². The van der Waals surface area contributed by atoms with Crippen LogP contribution in [-0.2, 0) is 14.9 Å². The van der Waals surface area contributed by atoms with E-state index in [4.69, 9.17) is 4.74 Å². The first-order valence-corrected chi connectivity index (χ1v) is 6.77. The molecule has 4 nitrogen and oxygen atoms in total. The van der Waals surface area contributed by atoms with Crippen LogP contribution in [0.1, 0.15) is 43.6 Å². The Morgan fingerprint density at radius 2 is 1.70 bits per heavy atom. The van der Waals surface area contributed by atoms with Crippen LogP contribution in [0.5, 0.6) is 0 Å². The maximum atomic E-state index is 12.2. The summed E-state index contributed by atoms with van der Waals surface area (Å²) >= 11 is 0. The monoisotopic (exact) mass is 277 g/mol. The topological polar surface area (TPSA) is 46.6 Å². The van der Waals surface area contributed by atoms with E-state index in [-0.39, 0.29) is 17.9 Å². The Kier molecular flexibility index (Phi) is 5.31. The zero-order valence-electron chi connectivity index (χ0n) is 12.9. The molecule has 1 amide bonds. The second-order valence-corrected chi connectivity index (χ2v) is 5.79. The summed E-state index contributed by atoms with van der Waals surface area (Å²) in [5.74, 6) is -0.576. The Balaban J connectivity index is 2.75. The molecule has 0 N–H and O–H groups in total. The average Bonchev–Trinajstić information content (AvgIpc) is 2.37. The summed E-state index contributed by atoms with van der Waals surface area (Å²) in [7, 11) is 1.59. The van der Waals surface area contributed by atoms with Crippen LogP contribution >= 0.6 is 0 Å². The number of hydrogen-bond donors (Lipinski definition) is 0. The van der Waals surface area contributed by atoms with Crippen LogP contribution in [-0.4, -0.2) is 37.0 Å². The molecule has 0 radical (unpaired) electrons. The summed E-state index contributed by atoms with van der Waals surface area (Å²) in [6.45, 7) is 8.39. The Hall–Kier alpha value is -1.84. The maximum Gasteiger partial charge on any atom is 0.325 e. The van der Waals surface area contributed by atoms with Crippen LogP contribution in [0, 0.1) is 0 Å². The zero-order chi connectivity index (χ0) is 15.3. The second kappa shape index (κ2) is 6.55. The highest BCUT2D eigenvalue weighted by atomic mass is 16.5. The molecule has 0 saturated heterocycles. The summed E-state index contributed by atoms with van der Waals surface area (Å²) in [4.78, 5) is 24.9. The maximum absolute atomic E-state index is 12.2. The van der Waals surface area contributed by atoms with Crippen molar-refractivity contribution < 1.29 is 14.3 Å². The molecule has 0 aliphatic heterocycles. The molecular formula is C16H23NO3. The van der Waals surface area contributed by atoms with Gasteiger partial charge < -0.3 is 9.64 Å². The number of esters is 1.